The second-order valence-corrected chi connectivity index (χ2v) is 10.4. The van der Waals surface area contributed by atoms with Gasteiger partial charge in [-0.15, -0.1) is 0 Å². The van der Waals surface area contributed by atoms with Crippen LogP contribution in [0, 0.1) is 13.8 Å². The number of benzene rings is 2. The minimum Gasteiger partial charge on any atom is -0.462 e. The largest absolute Gasteiger partial charge is 0.462 e. The van der Waals surface area contributed by atoms with E-state index in [1.807, 2.05) is 11.0 Å². The number of nitrogens with one attached hydrogen (secondary N) is 1. The van der Waals surface area contributed by atoms with Crippen molar-refractivity contribution in [1.29, 1.82) is 0 Å². The highest BCUT2D eigenvalue weighted by Crippen LogP contribution is 2.30. The number of aryl methyl sites for hydroxylation is 2. The molecule has 2 aliphatic heterocycles. The fraction of sp³-hybridized carbons (Fsp3) is 0.387. The molecule has 2 aromatic carbocycles. The molecule has 0 bridgehead atoms. The molecule has 0 atom stereocenters. The number of piperazine rings is 1. The van der Waals surface area contributed by atoms with Crippen LogP contribution in [-0.4, -0.2) is 68.6 Å². The van der Waals surface area contributed by atoms with Gasteiger partial charge in [0.2, 0.25) is 5.91 Å². The number of esters is 1. The van der Waals surface area contributed by atoms with Crippen LogP contribution in [0.15, 0.2) is 59.0 Å². The lowest BCUT2D eigenvalue weighted by Crippen LogP contribution is -2.46. The summed E-state index contributed by atoms with van der Waals surface area (Å²) in [4.78, 5) is 44.0. The normalized spacial score (nSPS) is 15.4. The molecule has 210 valence electrons. The molecular formula is C31H36N4O5. The third-order valence-electron chi connectivity index (χ3n) is 7.41. The summed E-state index contributed by atoms with van der Waals surface area (Å²) in [5.41, 5.74) is 4.15. The van der Waals surface area contributed by atoms with Crippen molar-refractivity contribution >= 4 is 34.8 Å². The summed E-state index contributed by atoms with van der Waals surface area (Å²) in [6.07, 6.45) is 2.07. The van der Waals surface area contributed by atoms with E-state index in [0.29, 0.717) is 36.4 Å². The van der Waals surface area contributed by atoms with Crippen LogP contribution in [-0.2, 0) is 9.53 Å². The van der Waals surface area contributed by atoms with Crippen LogP contribution in [0.3, 0.4) is 0 Å². The number of rotatable bonds is 9. The number of ether oxygens (including phenoxy) is 1. The summed E-state index contributed by atoms with van der Waals surface area (Å²) >= 11 is 0. The van der Waals surface area contributed by atoms with Crippen LogP contribution in [0.25, 0.3) is 0 Å². The van der Waals surface area contributed by atoms with Gasteiger partial charge in [-0.25, -0.2) is 4.79 Å². The Bertz CT molecular complexity index is 1380. The number of carbonyl (C=O) groups excluding carboxylic acids is 3. The molecule has 9 nitrogen and oxygen atoms in total. The Balaban J connectivity index is 1.28. The molecule has 0 unspecified atom stereocenters. The Morgan fingerprint density at radius 2 is 1.75 bits per heavy atom. The monoisotopic (exact) mass is 544 g/mol. The van der Waals surface area contributed by atoms with E-state index in [1.54, 1.807) is 31.2 Å². The highest BCUT2D eigenvalue weighted by molar-refractivity contribution is 6.05. The van der Waals surface area contributed by atoms with Crippen LogP contribution in [0.2, 0.25) is 0 Å². The SMILES string of the molecule is Cc1cccc(N2CCN(c3ccc(C(=O)OCCCN4CCCC4=O)cc3NC(=O)c3ccc(C)o3)CC2)c1. The van der Waals surface area contributed by atoms with E-state index in [9.17, 15) is 14.4 Å². The number of likely N-dealkylation sites (tertiary alicyclic amines) is 1. The van der Waals surface area contributed by atoms with E-state index in [2.05, 4.69) is 46.3 Å². The minimum absolute atomic E-state index is 0.161. The Hall–Kier alpha value is -4.27. The summed E-state index contributed by atoms with van der Waals surface area (Å²) < 4.78 is 11.0. The highest BCUT2D eigenvalue weighted by Gasteiger charge is 2.23. The van der Waals surface area contributed by atoms with Crippen molar-refractivity contribution in [2.45, 2.75) is 33.1 Å². The summed E-state index contributed by atoms with van der Waals surface area (Å²) in [6.45, 7) is 8.64. The summed E-state index contributed by atoms with van der Waals surface area (Å²) in [5.74, 6) is 0.165. The predicted molar refractivity (Wildman–Crippen MR) is 154 cm³/mol. The van der Waals surface area contributed by atoms with Crippen molar-refractivity contribution in [3.63, 3.8) is 0 Å². The molecule has 5 rings (SSSR count). The fourth-order valence-electron chi connectivity index (χ4n) is 5.25. The lowest BCUT2D eigenvalue weighted by molar-refractivity contribution is -0.127. The molecule has 0 saturated carbocycles. The van der Waals surface area contributed by atoms with Crippen LogP contribution in [0.5, 0.6) is 0 Å². The lowest BCUT2D eigenvalue weighted by atomic mass is 10.1. The molecule has 2 fully saturated rings. The molecule has 40 heavy (non-hydrogen) atoms. The van der Waals surface area contributed by atoms with E-state index in [4.69, 9.17) is 9.15 Å². The molecule has 0 spiro atoms. The van der Waals surface area contributed by atoms with Gasteiger partial charge in [0.15, 0.2) is 5.76 Å². The van der Waals surface area contributed by atoms with Crippen molar-refractivity contribution < 1.29 is 23.5 Å². The molecule has 2 amide bonds. The predicted octanol–water partition coefficient (Wildman–Crippen LogP) is 4.64. The van der Waals surface area contributed by atoms with E-state index in [0.717, 1.165) is 44.8 Å². The van der Waals surface area contributed by atoms with Crippen molar-refractivity contribution in [3.8, 4) is 0 Å². The summed E-state index contributed by atoms with van der Waals surface area (Å²) in [7, 11) is 0. The second-order valence-electron chi connectivity index (χ2n) is 10.4. The van der Waals surface area contributed by atoms with Gasteiger partial charge in [0.25, 0.3) is 5.91 Å². The maximum Gasteiger partial charge on any atom is 0.338 e. The van der Waals surface area contributed by atoms with Crippen LogP contribution in [0.1, 0.15) is 51.5 Å². The third-order valence-corrected chi connectivity index (χ3v) is 7.41. The van der Waals surface area contributed by atoms with Gasteiger partial charge in [0, 0.05) is 51.4 Å². The molecule has 0 aliphatic carbocycles. The van der Waals surface area contributed by atoms with Gasteiger partial charge < -0.3 is 29.2 Å². The molecule has 0 radical (unpaired) electrons. The van der Waals surface area contributed by atoms with Gasteiger partial charge in [-0.2, -0.15) is 0 Å². The van der Waals surface area contributed by atoms with Crippen molar-refractivity contribution in [2.24, 2.45) is 0 Å². The van der Waals surface area contributed by atoms with E-state index in [-0.39, 0.29) is 24.2 Å². The molecule has 1 N–H and O–H groups in total. The average Bonchev–Trinajstić information content (AvgIpc) is 3.58. The van der Waals surface area contributed by atoms with Gasteiger partial charge in [-0.05, 0) is 74.7 Å². The molecule has 9 heteroatoms. The molecular weight excluding hydrogens is 508 g/mol. The fourth-order valence-corrected chi connectivity index (χ4v) is 5.25. The standard InChI is InChI=1S/C31H36N4O5/c1-22-6-3-7-25(20-22)33-15-17-34(18-16-33)27-11-10-24(21-26(27)32-30(37)28-12-9-23(2)40-28)31(38)39-19-5-14-35-13-4-8-29(35)36/h3,6-7,9-12,20-21H,4-5,8,13-19H2,1-2H3,(H,32,37). The molecule has 2 aliphatic rings. The summed E-state index contributed by atoms with van der Waals surface area (Å²) in [5, 5.41) is 2.95. The highest BCUT2D eigenvalue weighted by atomic mass is 16.5. The number of amides is 2. The topological polar surface area (TPSA) is 95.3 Å². The number of hydrogen-bond donors (Lipinski definition) is 1. The number of nitrogens with zero attached hydrogens (tertiary/aromatic N) is 3. The molecule has 3 heterocycles. The first-order valence-corrected chi connectivity index (χ1v) is 13.9. The van der Waals surface area contributed by atoms with Gasteiger partial charge in [0.05, 0.1) is 23.5 Å². The first-order valence-electron chi connectivity index (χ1n) is 13.9. The van der Waals surface area contributed by atoms with Crippen molar-refractivity contribution in [3.05, 3.63) is 77.2 Å². The van der Waals surface area contributed by atoms with Crippen LogP contribution >= 0.6 is 0 Å². The van der Waals surface area contributed by atoms with Crippen LogP contribution in [0.4, 0.5) is 17.1 Å². The zero-order chi connectivity index (χ0) is 28.1. The van der Waals surface area contributed by atoms with Crippen LogP contribution < -0.4 is 15.1 Å². The Morgan fingerprint density at radius 1 is 0.950 bits per heavy atom. The quantitative estimate of drug-likeness (QED) is 0.310. The van der Waals surface area contributed by atoms with Gasteiger partial charge in [0.1, 0.15) is 5.76 Å². The average molecular weight is 545 g/mol. The number of hydrogen-bond acceptors (Lipinski definition) is 7. The van der Waals surface area contributed by atoms with E-state index in [1.165, 1.54) is 11.3 Å². The molecule has 1 aromatic heterocycles. The van der Waals surface area contributed by atoms with Gasteiger partial charge >= 0.3 is 5.97 Å². The zero-order valence-corrected chi connectivity index (χ0v) is 23.2. The smallest absolute Gasteiger partial charge is 0.338 e. The minimum atomic E-state index is -0.465. The Morgan fingerprint density at radius 3 is 2.45 bits per heavy atom. The zero-order valence-electron chi connectivity index (χ0n) is 23.2. The van der Waals surface area contributed by atoms with Crippen molar-refractivity contribution in [1.82, 2.24) is 4.90 Å². The van der Waals surface area contributed by atoms with Gasteiger partial charge in [-0.3, -0.25) is 9.59 Å². The number of carbonyl (C=O) groups is 3. The van der Waals surface area contributed by atoms with E-state index >= 15 is 0 Å². The van der Waals surface area contributed by atoms with Crippen molar-refractivity contribution in [2.75, 3.05) is 61.0 Å². The molecule has 3 aromatic rings. The molecule has 2 saturated heterocycles. The lowest BCUT2D eigenvalue weighted by Gasteiger charge is -2.38. The Kier molecular flexibility index (Phi) is 8.38. The Labute approximate surface area is 234 Å². The van der Waals surface area contributed by atoms with E-state index < -0.39 is 5.97 Å². The second kappa shape index (κ2) is 12.3. The van der Waals surface area contributed by atoms with Gasteiger partial charge in [-0.1, -0.05) is 12.1 Å². The number of anilines is 3. The maximum absolute atomic E-state index is 13.0. The first kappa shape index (κ1) is 27.3. The third kappa shape index (κ3) is 6.47. The number of furan rings is 1. The maximum atomic E-state index is 13.0. The first-order chi connectivity index (χ1) is 19.4. The summed E-state index contributed by atoms with van der Waals surface area (Å²) in [6, 6.07) is 17.1.